The zero-order valence-corrected chi connectivity index (χ0v) is 11.6. The lowest BCUT2D eigenvalue weighted by atomic mass is 9.85. The van der Waals surface area contributed by atoms with Gasteiger partial charge in [-0.25, -0.2) is 0 Å². The largest absolute Gasteiger partial charge is 0.302 e. The molecule has 0 bridgehead atoms. The van der Waals surface area contributed by atoms with Crippen LogP contribution in [0.4, 0.5) is 0 Å². The van der Waals surface area contributed by atoms with E-state index in [1.807, 2.05) is 24.1 Å². The van der Waals surface area contributed by atoms with Gasteiger partial charge in [0.25, 0.3) is 0 Å². The molecule has 1 heterocycles. The van der Waals surface area contributed by atoms with Crippen molar-refractivity contribution in [2.24, 2.45) is 12.9 Å². The van der Waals surface area contributed by atoms with Gasteiger partial charge < -0.3 is 4.90 Å². The molecule has 0 amide bonds. The molecule has 1 aromatic rings. The smallest absolute Gasteiger partial charge is 0.0522 e. The number of likely N-dealkylation sites (N-methyl/N-ethyl adjacent to an activating group) is 1. The molecule has 0 aliphatic heterocycles. The molecule has 2 atom stereocenters. The van der Waals surface area contributed by atoms with Gasteiger partial charge in [0.1, 0.15) is 0 Å². The van der Waals surface area contributed by atoms with Gasteiger partial charge in [-0.05, 0) is 39.4 Å². The quantitative estimate of drug-likeness (QED) is 0.561. The zero-order chi connectivity index (χ0) is 13.1. The summed E-state index contributed by atoms with van der Waals surface area (Å²) in [6.45, 7) is 4.42. The molecule has 0 fully saturated rings. The second-order valence-corrected chi connectivity index (χ2v) is 5.05. The Morgan fingerprint density at radius 3 is 2.59 bits per heavy atom. The van der Waals surface area contributed by atoms with Gasteiger partial charge in [0.2, 0.25) is 0 Å². The normalized spacial score (nSPS) is 17.1. The lowest BCUT2D eigenvalue weighted by Gasteiger charge is -2.42. The van der Waals surface area contributed by atoms with E-state index in [4.69, 9.17) is 5.84 Å². The Hall–Kier alpha value is -0.910. The van der Waals surface area contributed by atoms with Crippen molar-refractivity contribution in [3.63, 3.8) is 0 Å². The second kappa shape index (κ2) is 5.62. The highest BCUT2D eigenvalue weighted by molar-refractivity contribution is 5.09. The maximum atomic E-state index is 5.72. The van der Waals surface area contributed by atoms with Gasteiger partial charge >= 0.3 is 0 Å². The summed E-state index contributed by atoms with van der Waals surface area (Å²) >= 11 is 0. The number of rotatable bonds is 6. The summed E-state index contributed by atoms with van der Waals surface area (Å²) in [5.74, 6) is 5.72. The number of aryl methyl sites for hydroxylation is 1. The first-order valence-corrected chi connectivity index (χ1v) is 6.05. The predicted molar refractivity (Wildman–Crippen MR) is 70.4 cm³/mol. The topological polar surface area (TPSA) is 59.1 Å². The molecule has 0 spiro atoms. The van der Waals surface area contributed by atoms with E-state index < -0.39 is 0 Å². The number of aromatic nitrogens is 2. The Balaban J connectivity index is 2.83. The van der Waals surface area contributed by atoms with Crippen LogP contribution in [0.3, 0.4) is 0 Å². The third-order valence-corrected chi connectivity index (χ3v) is 3.89. The molecule has 1 rings (SSSR count). The fraction of sp³-hybridized carbons (Fsp3) is 0.750. The lowest BCUT2D eigenvalue weighted by molar-refractivity contribution is 0.112. The molecule has 0 aromatic carbocycles. The molecule has 1 aromatic heterocycles. The van der Waals surface area contributed by atoms with E-state index in [9.17, 15) is 0 Å². The first-order valence-electron chi connectivity index (χ1n) is 6.05. The molecule has 98 valence electrons. The first-order chi connectivity index (χ1) is 7.93. The van der Waals surface area contributed by atoms with Gasteiger partial charge in [-0.1, -0.05) is 6.92 Å². The summed E-state index contributed by atoms with van der Waals surface area (Å²) in [6, 6.07) is 0.201. The highest BCUT2D eigenvalue weighted by Gasteiger charge is 2.34. The van der Waals surface area contributed by atoms with Crippen LogP contribution >= 0.6 is 0 Å². The van der Waals surface area contributed by atoms with Gasteiger partial charge in [-0.3, -0.25) is 16.0 Å². The van der Waals surface area contributed by atoms with Crippen LogP contribution in [0.15, 0.2) is 12.4 Å². The van der Waals surface area contributed by atoms with Crippen molar-refractivity contribution < 1.29 is 0 Å². The number of nitrogens with one attached hydrogen (secondary N) is 1. The van der Waals surface area contributed by atoms with Gasteiger partial charge in [0, 0.05) is 24.8 Å². The number of hydrazine groups is 1. The molecule has 0 saturated heterocycles. The molecule has 0 saturated carbocycles. The molecular weight excluding hydrogens is 214 g/mol. The van der Waals surface area contributed by atoms with Crippen LogP contribution in [0.2, 0.25) is 0 Å². The fourth-order valence-corrected chi connectivity index (χ4v) is 2.15. The standard InChI is InChI=1S/C12H25N5/c1-6-12(2,16(3)4)11(15-13)7-10-8-14-17(5)9-10/h8-9,11,15H,6-7,13H2,1-5H3. The van der Waals surface area contributed by atoms with Crippen LogP contribution in [-0.4, -0.2) is 40.4 Å². The molecule has 3 N–H and O–H groups in total. The number of hydrogen-bond donors (Lipinski definition) is 2. The van der Waals surface area contributed by atoms with E-state index >= 15 is 0 Å². The van der Waals surface area contributed by atoms with Gasteiger partial charge in [0.15, 0.2) is 0 Å². The van der Waals surface area contributed by atoms with Crippen molar-refractivity contribution in [1.82, 2.24) is 20.1 Å². The number of hydrogen-bond acceptors (Lipinski definition) is 4. The van der Waals surface area contributed by atoms with Crippen LogP contribution in [-0.2, 0) is 13.5 Å². The van der Waals surface area contributed by atoms with Crippen LogP contribution in [0.25, 0.3) is 0 Å². The van der Waals surface area contributed by atoms with Crippen LogP contribution in [0.5, 0.6) is 0 Å². The first kappa shape index (κ1) is 14.2. The SMILES string of the molecule is CCC(C)(C(Cc1cnn(C)c1)NN)N(C)C. The molecule has 0 aliphatic rings. The van der Waals surface area contributed by atoms with Gasteiger partial charge in [0.05, 0.1) is 6.20 Å². The monoisotopic (exact) mass is 239 g/mol. The van der Waals surface area contributed by atoms with Crippen molar-refractivity contribution in [2.75, 3.05) is 14.1 Å². The van der Waals surface area contributed by atoms with Crippen LogP contribution in [0, 0.1) is 0 Å². The van der Waals surface area contributed by atoms with Crippen LogP contribution < -0.4 is 11.3 Å². The summed E-state index contributed by atoms with van der Waals surface area (Å²) in [6.07, 6.45) is 5.86. The fourth-order valence-electron chi connectivity index (χ4n) is 2.15. The Bertz CT molecular complexity index is 346. The molecular formula is C12H25N5. The van der Waals surface area contributed by atoms with Gasteiger partial charge in [-0.2, -0.15) is 5.10 Å². The second-order valence-electron chi connectivity index (χ2n) is 5.05. The molecule has 0 aliphatic carbocycles. The van der Waals surface area contributed by atoms with E-state index in [-0.39, 0.29) is 11.6 Å². The van der Waals surface area contributed by atoms with Crippen molar-refractivity contribution in [3.05, 3.63) is 18.0 Å². The Morgan fingerprint density at radius 2 is 2.24 bits per heavy atom. The minimum absolute atomic E-state index is 0.0323. The molecule has 5 nitrogen and oxygen atoms in total. The minimum atomic E-state index is 0.0323. The summed E-state index contributed by atoms with van der Waals surface area (Å²) in [7, 11) is 6.12. The minimum Gasteiger partial charge on any atom is -0.302 e. The summed E-state index contributed by atoms with van der Waals surface area (Å²) in [4.78, 5) is 2.23. The van der Waals surface area contributed by atoms with Crippen molar-refractivity contribution >= 4 is 0 Å². The van der Waals surface area contributed by atoms with E-state index in [1.165, 1.54) is 5.56 Å². The number of nitrogens with zero attached hydrogens (tertiary/aromatic N) is 3. The molecule has 17 heavy (non-hydrogen) atoms. The predicted octanol–water partition coefficient (Wildman–Crippen LogP) is 0.525. The maximum Gasteiger partial charge on any atom is 0.0522 e. The number of nitrogens with two attached hydrogens (primary N) is 1. The summed E-state index contributed by atoms with van der Waals surface area (Å²) in [5, 5.41) is 4.19. The Kier molecular flexibility index (Phi) is 4.68. The Morgan fingerprint density at radius 1 is 1.59 bits per heavy atom. The lowest BCUT2D eigenvalue weighted by Crippen LogP contribution is -2.59. The molecule has 2 unspecified atom stereocenters. The van der Waals surface area contributed by atoms with Crippen molar-refractivity contribution in [3.8, 4) is 0 Å². The average Bonchev–Trinajstić information content (AvgIpc) is 2.70. The van der Waals surface area contributed by atoms with Crippen molar-refractivity contribution in [2.45, 2.75) is 38.3 Å². The van der Waals surface area contributed by atoms with E-state index in [2.05, 4.69) is 43.4 Å². The molecule has 0 radical (unpaired) electrons. The van der Waals surface area contributed by atoms with E-state index in [0.29, 0.717) is 0 Å². The maximum absolute atomic E-state index is 5.72. The van der Waals surface area contributed by atoms with Gasteiger partial charge in [-0.15, -0.1) is 0 Å². The highest BCUT2D eigenvalue weighted by Crippen LogP contribution is 2.23. The summed E-state index contributed by atoms with van der Waals surface area (Å²) < 4.78 is 1.82. The third kappa shape index (κ3) is 3.06. The summed E-state index contributed by atoms with van der Waals surface area (Å²) in [5.41, 5.74) is 4.19. The third-order valence-electron chi connectivity index (χ3n) is 3.89. The molecule has 5 heteroatoms. The van der Waals surface area contributed by atoms with E-state index in [1.54, 1.807) is 0 Å². The van der Waals surface area contributed by atoms with E-state index in [0.717, 1.165) is 12.8 Å². The van der Waals surface area contributed by atoms with Crippen molar-refractivity contribution in [1.29, 1.82) is 0 Å². The Labute approximate surface area is 104 Å². The highest BCUT2D eigenvalue weighted by atomic mass is 15.3. The average molecular weight is 239 g/mol. The van der Waals surface area contributed by atoms with Crippen LogP contribution in [0.1, 0.15) is 25.8 Å². The zero-order valence-electron chi connectivity index (χ0n) is 11.6.